The van der Waals surface area contributed by atoms with E-state index in [1.54, 1.807) is 5.48 Å². The molecule has 11 heavy (non-hydrogen) atoms. The van der Waals surface area contributed by atoms with Crippen LogP contribution in [0, 0.1) is 5.82 Å². The standard InChI is InChI=1S/C6H4Cl2FNO/c7-4-1-3(10-11)2-5(8)6(4)9/h1-2,10-11H. The molecule has 0 aliphatic carbocycles. The van der Waals surface area contributed by atoms with Gasteiger partial charge < -0.3 is 0 Å². The smallest absolute Gasteiger partial charge is 0.160 e. The van der Waals surface area contributed by atoms with Gasteiger partial charge >= 0.3 is 0 Å². The Bertz CT molecular complexity index is 256. The van der Waals surface area contributed by atoms with Gasteiger partial charge in [-0.2, -0.15) is 0 Å². The highest BCUT2D eigenvalue weighted by Crippen LogP contribution is 2.26. The Hall–Kier alpha value is -0.510. The van der Waals surface area contributed by atoms with E-state index in [-0.39, 0.29) is 15.7 Å². The number of anilines is 1. The van der Waals surface area contributed by atoms with Crippen LogP contribution in [-0.2, 0) is 0 Å². The molecular weight excluding hydrogens is 192 g/mol. The zero-order chi connectivity index (χ0) is 8.43. The molecule has 0 atom stereocenters. The summed E-state index contributed by atoms with van der Waals surface area (Å²) in [4.78, 5) is 0. The molecule has 1 aromatic carbocycles. The topological polar surface area (TPSA) is 32.3 Å². The number of halogens is 3. The molecule has 0 amide bonds. The van der Waals surface area contributed by atoms with Crippen LogP contribution in [0.5, 0.6) is 0 Å². The lowest BCUT2D eigenvalue weighted by molar-refractivity contribution is 0.389. The molecule has 0 saturated heterocycles. The van der Waals surface area contributed by atoms with Crippen molar-refractivity contribution in [2.75, 3.05) is 5.48 Å². The van der Waals surface area contributed by atoms with Crippen LogP contribution >= 0.6 is 23.2 Å². The summed E-state index contributed by atoms with van der Waals surface area (Å²) < 4.78 is 12.7. The Balaban J connectivity index is 3.21. The van der Waals surface area contributed by atoms with Gasteiger partial charge in [0, 0.05) is 0 Å². The molecule has 1 rings (SSSR count). The van der Waals surface area contributed by atoms with Crippen molar-refractivity contribution in [1.82, 2.24) is 0 Å². The van der Waals surface area contributed by atoms with Gasteiger partial charge in [0.15, 0.2) is 5.82 Å². The van der Waals surface area contributed by atoms with Crippen molar-refractivity contribution in [2.24, 2.45) is 0 Å². The summed E-state index contributed by atoms with van der Waals surface area (Å²) in [5.74, 6) is -0.688. The van der Waals surface area contributed by atoms with E-state index < -0.39 is 5.82 Å². The van der Waals surface area contributed by atoms with Gasteiger partial charge in [0.05, 0.1) is 15.7 Å². The SMILES string of the molecule is ONc1cc(Cl)c(F)c(Cl)c1. The molecule has 0 heterocycles. The van der Waals surface area contributed by atoms with Crippen LogP contribution in [0.3, 0.4) is 0 Å². The van der Waals surface area contributed by atoms with Crippen LogP contribution in [0.1, 0.15) is 0 Å². The van der Waals surface area contributed by atoms with Crippen molar-refractivity contribution in [3.05, 3.63) is 28.0 Å². The molecule has 0 aromatic heterocycles. The minimum atomic E-state index is -0.688. The summed E-state index contributed by atoms with van der Waals surface area (Å²) in [6.45, 7) is 0. The highest BCUT2D eigenvalue weighted by atomic mass is 35.5. The van der Waals surface area contributed by atoms with Crippen LogP contribution in [0.25, 0.3) is 0 Å². The van der Waals surface area contributed by atoms with Gasteiger partial charge in [-0.3, -0.25) is 10.7 Å². The summed E-state index contributed by atoms with van der Waals surface area (Å²) >= 11 is 10.8. The average Bonchev–Trinajstić information content (AvgIpc) is 1.99. The third-order valence-corrected chi connectivity index (χ3v) is 1.66. The van der Waals surface area contributed by atoms with Crippen molar-refractivity contribution in [2.45, 2.75) is 0 Å². The number of hydrogen-bond donors (Lipinski definition) is 2. The van der Waals surface area contributed by atoms with Gasteiger partial charge in [0.1, 0.15) is 0 Å². The fourth-order valence-corrected chi connectivity index (χ4v) is 1.11. The molecule has 0 fully saturated rings. The van der Waals surface area contributed by atoms with E-state index in [1.807, 2.05) is 0 Å². The number of nitrogens with one attached hydrogen (secondary N) is 1. The minimum absolute atomic E-state index is 0.131. The van der Waals surface area contributed by atoms with E-state index in [9.17, 15) is 4.39 Å². The lowest BCUT2D eigenvalue weighted by atomic mass is 10.3. The van der Waals surface area contributed by atoms with E-state index in [4.69, 9.17) is 28.4 Å². The van der Waals surface area contributed by atoms with E-state index in [0.717, 1.165) is 0 Å². The summed E-state index contributed by atoms with van der Waals surface area (Å²) in [6.07, 6.45) is 0. The first-order valence-electron chi connectivity index (χ1n) is 2.70. The summed E-state index contributed by atoms with van der Waals surface area (Å²) in [7, 11) is 0. The molecule has 0 aliphatic rings. The summed E-state index contributed by atoms with van der Waals surface area (Å²) in [5.41, 5.74) is 2.05. The van der Waals surface area contributed by atoms with Crippen LogP contribution in [0.2, 0.25) is 10.0 Å². The van der Waals surface area contributed by atoms with E-state index in [2.05, 4.69) is 0 Å². The molecule has 2 nitrogen and oxygen atoms in total. The zero-order valence-electron chi connectivity index (χ0n) is 5.24. The Morgan fingerprint density at radius 3 is 2.09 bits per heavy atom. The second-order valence-electron chi connectivity index (χ2n) is 1.87. The van der Waals surface area contributed by atoms with Crippen LogP contribution in [-0.4, -0.2) is 5.21 Å². The Labute approximate surface area is 72.5 Å². The first-order chi connectivity index (χ1) is 5.15. The minimum Gasteiger partial charge on any atom is -0.291 e. The number of hydrogen-bond acceptors (Lipinski definition) is 2. The second-order valence-corrected chi connectivity index (χ2v) is 2.68. The molecule has 0 radical (unpaired) electrons. The van der Waals surface area contributed by atoms with Crippen molar-refractivity contribution < 1.29 is 9.60 Å². The molecular formula is C6H4Cl2FNO. The monoisotopic (exact) mass is 195 g/mol. The van der Waals surface area contributed by atoms with Gasteiger partial charge in [-0.15, -0.1) is 0 Å². The van der Waals surface area contributed by atoms with Gasteiger partial charge in [-0.1, -0.05) is 23.2 Å². The van der Waals surface area contributed by atoms with Gasteiger partial charge in [0.25, 0.3) is 0 Å². The molecule has 1 aromatic rings. The van der Waals surface area contributed by atoms with Crippen LogP contribution in [0.4, 0.5) is 10.1 Å². The molecule has 0 spiro atoms. The molecule has 0 aliphatic heterocycles. The maximum atomic E-state index is 12.7. The maximum absolute atomic E-state index is 12.7. The highest BCUT2D eigenvalue weighted by molar-refractivity contribution is 6.35. The molecule has 0 bridgehead atoms. The van der Waals surface area contributed by atoms with Crippen molar-refractivity contribution in [1.29, 1.82) is 0 Å². The Morgan fingerprint density at radius 2 is 1.73 bits per heavy atom. The van der Waals surface area contributed by atoms with Gasteiger partial charge in [-0.25, -0.2) is 4.39 Å². The molecule has 2 N–H and O–H groups in total. The third kappa shape index (κ3) is 1.74. The Kier molecular flexibility index (Phi) is 2.54. The van der Waals surface area contributed by atoms with Gasteiger partial charge in [-0.05, 0) is 12.1 Å². The van der Waals surface area contributed by atoms with Gasteiger partial charge in [0.2, 0.25) is 0 Å². The number of rotatable bonds is 1. The molecule has 60 valence electrons. The second kappa shape index (κ2) is 3.26. The lowest BCUT2D eigenvalue weighted by Gasteiger charge is -2.01. The predicted molar refractivity (Wildman–Crippen MR) is 41.8 cm³/mol. The Morgan fingerprint density at radius 1 is 1.27 bits per heavy atom. The fraction of sp³-hybridized carbons (Fsp3) is 0. The fourth-order valence-electron chi connectivity index (χ4n) is 0.620. The zero-order valence-corrected chi connectivity index (χ0v) is 6.75. The lowest BCUT2D eigenvalue weighted by Crippen LogP contribution is -1.90. The molecule has 5 heteroatoms. The average molecular weight is 196 g/mol. The van der Waals surface area contributed by atoms with Crippen molar-refractivity contribution >= 4 is 28.9 Å². The number of benzene rings is 1. The van der Waals surface area contributed by atoms with E-state index in [1.165, 1.54) is 12.1 Å². The first-order valence-corrected chi connectivity index (χ1v) is 3.45. The largest absolute Gasteiger partial charge is 0.291 e. The third-order valence-electron chi connectivity index (χ3n) is 1.11. The maximum Gasteiger partial charge on any atom is 0.160 e. The van der Waals surface area contributed by atoms with E-state index in [0.29, 0.717) is 0 Å². The van der Waals surface area contributed by atoms with E-state index >= 15 is 0 Å². The predicted octanol–water partition coefficient (Wildman–Crippen LogP) is 2.93. The molecule has 0 unspecified atom stereocenters. The van der Waals surface area contributed by atoms with Crippen LogP contribution in [0.15, 0.2) is 12.1 Å². The quantitative estimate of drug-likeness (QED) is 0.534. The van der Waals surface area contributed by atoms with Crippen molar-refractivity contribution in [3.63, 3.8) is 0 Å². The summed E-state index contributed by atoms with van der Waals surface area (Å²) in [5, 5.41) is 8.13. The summed E-state index contributed by atoms with van der Waals surface area (Å²) in [6, 6.07) is 2.45. The first kappa shape index (κ1) is 8.59. The molecule has 0 saturated carbocycles. The van der Waals surface area contributed by atoms with Crippen molar-refractivity contribution in [3.8, 4) is 0 Å². The normalized spacial score (nSPS) is 9.82. The van der Waals surface area contributed by atoms with Crippen LogP contribution < -0.4 is 5.48 Å². The highest BCUT2D eigenvalue weighted by Gasteiger charge is 2.06.